The number of benzene rings is 1. The van der Waals surface area contributed by atoms with Gasteiger partial charge in [-0.05, 0) is 45.9 Å². The van der Waals surface area contributed by atoms with E-state index in [0.29, 0.717) is 21.7 Å². The fourth-order valence-corrected chi connectivity index (χ4v) is 4.73. The van der Waals surface area contributed by atoms with Crippen molar-refractivity contribution in [3.63, 3.8) is 0 Å². The highest BCUT2D eigenvalue weighted by molar-refractivity contribution is 8.16. The number of hydrogen-bond donors (Lipinski definition) is 4. The summed E-state index contributed by atoms with van der Waals surface area (Å²) in [6.07, 6.45) is -0.110. The average molecular weight is 531 g/mol. The molecule has 0 aromatic heterocycles. The predicted molar refractivity (Wildman–Crippen MR) is 144 cm³/mol. The largest absolute Gasteiger partial charge is 0.326 e. The Morgan fingerprint density at radius 2 is 1.22 bits per heavy atom. The van der Waals surface area contributed by atoms with Gasteiger partial charge in [0.15, 0.2) is 10.3 Å². The zero-order chi connectivity index (χ0) is 26.2. The van der Waals surface area contributed by atoms with Gasteiger partial charge in [-0.1, -0.05) is 29.6 Å². The molecule has 190 valence electrons. The summed E-state index contributed by atoms with van der Waals surface area (Å²) in [6, 6.07) is 6.60. The van der Waals surface area contributed by atoms with Crippen LogP contribution in [-0.2, 0) is 19.2 Å². The summed E-state index contributed by atoms with van der Waals surface area (Å²) >= 11 is 2.29. The Bertz CT molecular complexity index is 1100. The van der Waals surface area contributed by atoms with Crippen LogP contribution in [0.15, 0.2) is 44.7 Å². The van der Waals surface area contributed by atoms with E-state index in [1.165, 1.54) is 0 Å². The molecule has 36 heavy (non-hydrogen) atoms. The van der Waals surface area contributed by atoms with Crippen LogP contribution < -0.4 is 21.3 Å². The lowest BCUT2D eigenvalue weighted by atomic mass is 10.2. The van der Waals surface area contributed by atoms with Gasteiger partial charge in [-0.2, -0.15) is 10.2 Å². The molecule has 4 N–H and O–H groups in total. The van der Waals surface area contributed by atoms with Gasteiger partial charge in [0.05, 0.1) is 0 Å². The van der Waals surface area contributed by atoms with Crippen molar-refractivity contribution in [3.05, 3.63) is 24.3 Å². The lowest BCUT2D eigenvalue weighted by Crippen LogP contribution is -2.28. The van der Waals surface area contributed by atoms with Crippen LogP contribution in [0.5, 0.6) is 0 Å². The Morgan fingerprint density at radius 1 is 0.806 bits per heavy atom. The molecule has 1 aromatic rings. The number of carbonyl (C=O) groups is 4. The number of hydrogen-bond acceptors (Lipinski definition) is 10. The highest BCUT2D eigenvalue weighted by atomic mass is 32.2. The maximum absolute atomic E-state index is 12.5. The van der Waals surface area contributed by atoms with Gasteiger partial charge < -0.3 is 21.3 Å². The normalized spacial score (nSPS) is 21.1. The maximum atomic E-state index is 12.5. The van der Waals surface area contributed by atoms with Gasteiger partial charge in [0.25, 0.3) is 0 Å². The van der Waals surface area contributed by atoms with Gasteiger partial charge in [0.2, 0.25) is 23.6 Å². The number of carbonyl (C=O) groups excluding carboxylic acids is 4. The Balaban J connectivity index is 1.52. The highest BCUT2D eigenvalue weighted by Gasteiger charge is 2.33. The molecule has 0 radical (unpaired) electrons. The SMILES string of the molecule is CC(C)=N/N=C1/NC(=O)[C@H](CC(=O)Nc2cccc(NC(=O)C[C@@H]3S/C(=N\N=C(C)C)NC3=O)c2)S1. The van der Waals surface area contributed by atoms with Gasteiger partial charge in [-0.25, -0.2) is 0 Å². The number of nitrogens with one attached hydrogen (secondary N) is 4. The Hall–Kier alpha value is -3.52. The zero-order valence-electron chi connectivity index (χ0n) is 20.1. The molecule has 2 aliphatic rings. The minimum absolute atomic E-state index is 0.0551. The number of thioether (sulfide) groups is 2. The van der Waals surface area contributed by atoms with Crippen molar-refractivity contribution >= 4 is 80.3 Å². The zero-order valence-corrected chi connectivity index (χ0v) is 21.7. The van der Waals surface area contributed by atoms with Crippen LogP contribution >= 0.6 is 23.5 Å². The van der Waals surface area contributed by atoms with E-state index >= 15 is 0 Å². The molecule has 2 saturated heterocycles. The van der Waals surface area contributed by atoms with Crippen LogP contribution in [0.1, 0.15) is 40.5 Å². The van der Waals surface area contributed by atoms with Crippen LogP contribution in [0, 0.1) is 0 Å². The van der Waals surface area contributed by atoms with E-state index in [0.717, 1.165) is 34.9 Å². The lowest BCUT2D eigenvalue weighted by molar-refractivity contribution is -0.122. The molecule has 0 saturated carbocycles. The van der Waals surface area contributed by atoms with Crippen LogP contribution in [-0.4, -0.2) is 55.9 Å². The van der Waals surface area contributed by atoms with Gasteiger partial charge >= 0.3 is 0 Å². The molecule has 14 heteroatoms. The molecule has 4 amide bonds. The quantitative estimate of drug-likeness (QED) is 0.297. The third-order valence-corrected chi connectivity index (χ3v) is 6.55. The Labute approximate surface area is 216 Å². The molecule has 2 fully saturated rings. The Morgan fingerprint density at radius 3 is 1.61 bits per heavy atom. The monoisotopic (exact) mass is 530 g/mol. The van der Waals surface area contributed by atoms with E-state index in [-0.39, 0.29) is 36.5 Å². The van der Waals surface area contributed by atoms with Crippen LogP contribution in [0.25, 0.3) is 0 Å². The van der Waals surface area contributed by atoms with Crippen molar-refractivity contribution < 1.29 is 19.2 Å². The second kappa shape index (κ2) is 12.4. The first-order chi connectivity index (χ1) is 17.1. The molecule has 2 atom stereocenters. The van der Waals surface area contributed by atoms with Crippen molar-refractivity contribution in [1.29, 1.82) is 0 Å². The molecule has 0 bridgehead atoms. The molecular formula is C22H26N8O4S2. The fourth-order valence-electron chi connectivity index (χ4n) is 2.90. The summed E-state index contributed by atoms with van der Waals surface area (Å²) < 4.78 is 0. The average Bonchev–Trinajstić information content (AvgIpc) is 3.32. The first-order valence-corrected chi connectivity index (χ1v) is 12.7. The van der Waals surface area contributed by atoms with Crippen LogP contribution in [0.3, 0.4) is 0 Å². The van der Waals surface area contributed by atoms with E-state index in [1.807, 2.05) is 0 Å². The second-order valence-corrected chi connectivity index (χ2v) is 10.6. The summed E-state index contributed by atoms with van der Waals surface area (Å²) in [5, 5.41) is 25.8. The number of nitrogens with zero attached hydrogens (tertiary/aromatic N) is 4. The molecule has 2 aliphatic heterocycles. The molecule has 0 aliphatic carbocycles. The van der Waals surface area contributed by atoms with Crippen LogP contribution in [0.2, 0.25) is 0 Å². The standard InChI is InChI=1S/C22H26N8O4S2/c1-11(2)27-29-21-25-19(33)15(35-21)9-17(31)23-13-6-5-7-14(8-13)24-18(32)10-16-20(34)26-22(36-16)30-28-12(3)4/h5-8,15-16H,9-10H2,1-4H3,(H,23,31)(H,24,32)(H,25,29,33)(H,26,30,34)/t15-,16-/m0/s1. The summed E-state index contributed by atoms with van der Waals surface area (Å²) in [4.78, 5) is 49.2. The highest BCUT2D eigenvalue weighted by Crippen LogP contribution is 2.25. The molecular weight excluding hydrogens is 504 g/mol. The third kappa shape index (κ3) is 8.30. The van der Waals surface area contributed by atoms with Gasteiger partial charge in [0, 0.05) is 35.6 Å². The first-order valence-electron chi connectivity index (χ1n) is 10.9. The molecule has 1 aromatic carbocycles. The van der Waals surface area contributed by atoms with E-state index < -0.39 is 10.5 Å². The molecule has 12 nitrogen and oxygen atoms in total. The van der Waals surface area contributed by atoms with Crippen LogP contribution in [0.4, 0.5) is 11.4 Å². The van der Waals surface area contributed by atoms with Crippen molar-refractivity contribution in [1.82, 2.24) is 10.6 Å². The van der Waals surface area contributed by atoms with Gasteiger partial charge in [-0.3, -0.25) is 19.2 Å². The summed E-state index contributed by atoms with van der Waals surface area (Å²) in [7, 11) is 0. The predicted octanol–water partition coefficient (Wildman–Crippen LogP) is 2.31. The number of rotatable bonds is 8. The van der Waals surface area contributed by atoms with Crippen molar-refractivity contribution in [2.45, 2.75) is 51.0 Å². The van der Waals surface area contributed by atoms with E-state index in [2.05, 4.69) is 41.7 Å². The minimum atomic E-state index is -0.616. The number of amides is 4. The lowest BCUT2D eigenvalue weighted by Gasteiger charge is -2.11. The molecule has 3 rings (SSSR count). The van der Waals surface area contributed by atoms with Crippen molar-refractivity contribution in [3.8, 4) is 0 Å². The summed E-state index contributed by atoms with van der Waals surface area (Å²) in [5.74, 6) is -1.34. The summed E-state index contributed by atoms with van der Waals surface area (Å²) in [6.45, 7) is 7.14. The molecule has 0 spiro atoms. The molecule has 2 heterocycles. The topological polar surface area (TPSA) is 166 Å². The van der Waals surface area contributed by atoms with E-state index in [9.17, 15) is 19.2 Å². The van der Waals surface area contributed by atoms with Gasteiger partial charge in [-0.15, -0.1) is 10.2 Å². The van der Waals surface area contributed by atoms with E-state index in [4.69, 9.17) is 0 Å². The minimum Gasteiger partial charge on any atom is -0.326 e. The number of anilines is 2. The van der Waals surface area contributed by atoms with E-state index in [1.54, 1.807) is 52.0 Å². The van der Waals surface area contributed by atoms with Gasteiger partial charge in [0.1, 0.15) is 10.5 Å². The fraction of sp³-hybridized carbons (Fsp3) is 0.364. The second-order valence-electron chi connectivity index (χ2n) is 8.18. The maximum Gasteiger partial charge on any atom is 0.240 e. The smallest absolute Gasteiger partial charge is 0.240 e. The Kier molecular flexibility index (Phi) is 9.36. The van der Waals surface area contributed by atoms with Crippen molar-refractivity contribution in [2.75, 3.05) is 10.6 Å². The van der Waals surface area contributed by atoms with Crippen molar-refractivity contribution in [2.24, 2.45) is 20.4 Å². The number of amidine groups is 2. The first kappa shape index (κ1) is 27.1. The third-order valence-electron chi connectivity index (χ3n) is 4.41. The summed E-state index contributed by atoms with van der Waals surface area (Å²) in [5.41, 5.74) is 2.39. The molecule has 0 unspecified atom stereocenters.